The van der Waals surface area contributed by atoms with Crippen LogP contribution in [0.5, 0.6) is 0 Å². The van der Waals surface area contributed by atoms with Crippen molar-refractivity contribution >= 4 is 27.3 Å². The lowest BCUT2D eigenvalue weighted by molar-refractivity contribution is -0.138. The van der Waals surface area contributed by atoms with Crippen LogP contribution in [0, 0.1) is 0 Å². The predicted molar refractivity (Wildman–Crippen MR) is 81.5 cm³/mol. The van der Waals surface area contributed by atoms with Crippen LogP contribution in [0.2, 0.25) is 0 Å². The fourth-order valence-electron chi connectivity index (χ4n) is 2.00. The zero-order valence-electron chi connectivity index (χ0n) is 11.2. The third-order valence-electron chi connectivity index (χ3n) is 3.14. The molecule has 0 aliphatic carbocycles. The number of benzene rings is 1. The molecule has 0 bridgehead atoms. The number of halogens is 4. The molecule has 2 aromatic rings. The molecule has 1 aromatic carbocycles. The number of hydrogen-bond donors (Lipinski definition) is 1. The van der Waals surface area contributed by atoms with E-state index in [2.05, 4.69) is 15.9 Å². The Labute approximate surface area is 133 Å². The highest BCUT2D eigenvalue weighted by atomic mass is 79.9. The zero-order chi connectivity index (χ0) is 15.6. The van der Waals surface area contributed by atoms with Gasteiger partial charge in [0, 0.05) is 20.6 Å². The second kappa shape index (κ2) is 6.50. The standard InChI is InChI=1S/C15H14BrF3OS/c1-2-10-4-5-11(21-10)8-14(20)9-3-6-13(16)12(7-9)15(17,18)19/h3-7,14,20H,2,8H2,1H3. The van der Waals surface area contributed by atoms with Gasteiger partial charge in [-0.2, -0.15) is 13.2 Å². The van der Waals surface area contributed by atoms with Gasteiger partial charge in [0.05, 0.1) is 11.7 Å². The van der Waals surface area contributed by atoms with Crippen molar-refractivity contribution in [2.45, 2.75) is 32.0 Å². The quantitative estimate of drug-likeness (QED) is 0.758. The first-order valence-corrected chi connectivity index (χ1v) is 8.04. The van der Waals surface area contributed by atoms with Gasteiger partial charge in [0.2, 0.25) is 0 Å². The Morgan fingerprint density at radius 3 is 2.43 bits per heavy atom. The minimum Gasteiger partial charge on any atom is -0.388 e. The maximum Gasteiger partial charge on any atom is 0.417 e. The largest absolute Gasteiger partial charge is 0.417 e. The number of rotatable bonds is 4. The maximum absolute atomic E-state index is 12.9. The van der Waals surface area contributed by atoms with Crippen molar-refractivity contribution in [1.82, 2.24) is 0 Å². The fourth-order valence-corrected chi connectivity index (χ4v) is 3.46. The summed E-state index contributed by atoms with van der Waals surface area (Å²) in [6.45, 7) is 2.04. The Morgan fingerprint density at radius 1 is 1.19 bits per heavy atom. The molecule has 1 unspecified atom stereocenters. The first-order valence-electron chi connectivity index (χ1n) is 6.43. The average Bonchev–Trinajstić information content (AvgIpc) is 2.85. The Hall–Kier alpha value is -0.850. The molecule has 114 valence electrons. The molecule has 21 heavy (non-hydrogen) atoms. The molecule has 0 saturated heterocycles. The molecular weight excluding hydrogens is 365 g/mol. The number of hydrogen-bond acceptors (Lipinski definition) is 2. The van der Waals surface area contributed by atoms with Gasteiger partial charge in [0.15, 0.2) is 0 Å². The number of thiophene rings is 1. The predicted octanol–water partition coefficient (Wildman–Crippen LogP) is 5.37. The van der Waals surface area contributed by atoms with Gasteiger partial charge >= 0.3 is 6.18 Å². The fraction of sp³-hybridized carbons (Fsp3) is 0.333. The van der Waals surface area contributed by atoms with E-state index in [-0.39, 0.29) is 10.0 Å². The van der Waals surface area contributed by atoms with Gasteiger partial charge in [-0.25, -0.2) is 0 Å². The third kappa shape index (κ3) is 4.08. The molecule has 1 N–H and O–H groups in total. The van der Waals surface area contributed by atoms with Crippen molar-refractivity contribution in [3.63, 3.8) is 0 Å². The van der Waals surface area contributed by atoms with Crippen LogP contribution in [-0.2, 0) is 19.0 Å². The number of alkyl halides is 3. The van der Waals surface area contributed by atoms with Gasteiger partial charge in [-0.05, 0) is 36.2 Å². The second-order valence-electron chi connectivity index (χ2n) is 4.68. The molecule has 1 aromatic heterocycles. The highest BCUT2D eigenvalue weighted by molar-refractivity contribution is 9.10. The van der Waals surface area contributed by atoms with Gasteiger partial charge in [-0.1, -0.05) is 28.9 Å². The minimum atomic E-state index is -4.44. The summed E-state index contributed by atoms with van der Waals surface area (Å²) in [5, 5.41) is 10.2. The summed E-state index contributed by atoms with van der Waals surface area (Å²) >= 11 is 4.47. The van der Waals surface area contributed by atoms with E-state index >= 15 is 0 Å². The van der Waals surface area contributed by atoms with E-state index in [9.17, 15) is 18.3 Å². The lowest BCUT2D eigenvalue weighted by atomic mass is 10.0. The van der Waals surface area contributed by atoms with Crippen molar-refractivity contribution in [3.8, 4) is 0 Å². The summed E-state index contributed by atoms with van der Waals surface area (Å²) in [7, 11) is 0. The maximum atomic E-state index is 12.9. The molecule has 0 spiro atoms. The molecule has 0 radical (unpaired) electrons. The topological polar surface area (TPSA) is 20.2 Å². The van der Waals surface area contributed by atoms with E-state index in [1.54, 1.807) is 11.3 Å². The summed E-state index contributed by atoms with van der Waals surface area (Å²) in [6, 6.07) is 7.74. The highest BCUT2D eigenvalue weighted by Crippen LogP contribution is 2.36. The molecule has 0 aliphatic rings. The SMILES string of the molecule is CCc1ccc(CC(O)c2ccc(Br)c(C(F)(F)F)c2)s1. The summed E-state index contributed by atoms with van der Waals surface area (Å²) in [6.07, 6.45) is -4.14. The Kier molecular flexibility index (Phi) is 5.11. The van der Waals surface area contributed by atoms with Crippen LogP contribution in [0.4, 0.5) is 13.2 Å². The molecule has 0 amide bonds. The highest BCUT2D eigenvalue weighted by Gasteiger charge is 2.33. The Bertz CT molecular complexity index is 622. The average molecular weight is 379 g/mol. The van der Waals surface area contributed by atoms with Crippen LogP contribution >= 0.6 is 27.3 Å². The summed E-state index contributed by atoms with van der Waals surface area (Å²) in [4.78, 5) is 2.17. The van der Waals surface area contributed by atoms with E-state index in [0.29, 0.717) is 6.42 Å². The number of aryl methyl sites for hydroxylation is 1. The van der Waals surface area contributed by atoms with Crippen LogP contribution in [0.3, 0.4) is 0 Å². The summed E-state index contributed by atoms with van der Waals surface area (Å²) in [5.74, 6) is 0. The first kappa shape index (κ1) is 16.5. The van der Waals surface area contributed by atoms with E-state index in [1.807, 2.05) is 19.1 Å². The molecule has 0 fully saturated rings. The van der Waals surface area contributed by atoms with Crippen molar-refractivity contribution in [3.05, 3.63) is 55.7 Å². The monoisotopic (exact) mass is 378 g/mol. The molecule has 1 nitrogen and oxygen atoms in total. The van der Waals surface area contributed by atoms with E-state index in [4.69, 9.17) is 0 Å². The molecule has 1 heterocycles. The van der Waals surface area contributed by atoms with Crippen molar-refractivity contribution < 1.29 is 18.3 Å². The minimum absolute atomic E-state index is 0.0182. The van der Waals surface area contributed by atoms with Crippen molar-refractivity contribution in [2.24, 2.45) is 0 Å². The van der Waals surface area contributed by atoms with Gasteiger partial charge < -0.3 is 5.11 Å². The zero-order valence-corrected chi connectivity index (χ0v) is 13.6. The van der Waals surface area contributed by atoms with E-state index in [0.717, 1.165) is 17.4 Å². The molecule has 6 heteroatoms. The molecular formula is C15H14BrF3OS. The number of aliphatic hydroxyl groups excluding tert-OH is 1. The molecule has 2 rings (SSSR count). The van der Waals surface area contributed by atoms with Gasteiger partial charge in [0.1, 0.15) is 0 Å². The lowest BCUT2D eigenvalue weighted by Gasteiger charge is -2.14. The molecule has 0 saturated carbocycles. The normalized spacial score (nSPS) is 13.4. The summed E-state index contributed by atoms with van der Waals surface area (Å²) < 4.78 is 38.6. The third-order valence-corrected chi connectivity index (χ3v) is 5.08. The lowest BCUT2D eigenvalue weighted by Crippen LogP contribution is -2.09. The first-order chi connectivity index (χ1) is 9.81. The summed E-state index contributed by atoms with van der Waals surface area (Å²) in [5.41, 5.74) is -0.489. The van der Waals surface area contributed by atoms with Gasteiger partial charge in [-0.3, -0.25) is 0 Å². The van der Waals surface area contributed by atoms with Crippen LogP contribution in [-0.4, -0.2) is 5.11 Å². The Balaban J connectivity index is 2.21. The smallest absolute Gasteiger partial charge is 0.388 e. The second-order valence-corrected chi connectivity index (χ2v) is 6.79. The van der Waals surface area contributed by atoms with Crippen LogP contribution in [0.25, 0.3) is 0 Å². The van der Waals surface area contributed by atoms with Crippen molar-refractivity contribution in [1.29, 1.82) is 0 Å². The van der Waals surface area contributed by atoms with Crippen LogP contribution < -0.4 is 0 Å². The van der Waals surface area contributed by atoms with Gasteiger partial charge in [0.25, 0.3) is 0 Å². The van der Waals surface area contributed by atoms with Crippen LogP contribution in [0.15, 0.2) is 34.8 Å². The molecule has 0 aliphatic heterocycles. The number of aliphatic hydroxyl groups is 1. The van der Waals surface area contributed by atoms with Crippen LogP contribution in [0.1, 0.15) is 33.9 Å². The molecule has 1 atom stereocenters. The van der Waals surface area contributed by atoms with Gasteiger partial charge in [-0.15, -0.1) is 11.3 Å². The van der Waals surface area contributed by atoms with E-state index < -0.39 is 17.8 Å². The Morgan fingerprint density at radius 2 is 1.86 bits per heavy atom. The van der Waals surface area contributed by atoms with E-state index in [1.165, 1.54) is 17.0 Å². The van der Waals surface area contributed by atoms with Crippen molar-refractivity contribution in [2.75, 3.05) is 0 Å².